The van der Waals surface area contributed by atoms with Crippen molar-refractivity contribution in [2.45, 2.75) is 26.3 Å². The van der Waals surface area contributed by atoms with Crippen molar-refractivity contribution in [1.29, 1.82) is 0 Å². The Labute approximate surface area is 157 Å². The summed E-state index contributed by atoms with van der Waals surface area (Å²) in [6.45, 7) is 5.25. The molecule has 0 aliphatic carbocycles. The molecule has 0 unspecified atom stereocenters. The summed E-state index contributed by atoms with van der Waals surface area (Å²) in [5, 5.41) is 13.8. The molecule has 1 aliphatic heterocycles. The number of non-ortho nitro benzene ring substituents is 1. The second kappa shape index (κ2) is 8.07. The number of rotatable bonds is 5. The molecule has 27 heavy (non-hydrogen) atoms. The fraction of sp³-hybridized carbons (Fsp3) is 0.350. The second-order valence-electron chi connectivity index (χ2n) is 6.76. The van der Waals surface area contributed by atoms with E-state index in [2.05, 4.69) is 5.32 Å². The monoisotopic (exact) mass is 370 g/mol. The van der Waals surface area contributed by atoms with E-state index < -0.39 is 4.92 Å². The Hall–Kier alpha value is -3.09. The van der Waals surface area contributed by atoms with Gasteiger partial charge in [0.1, 0.15) is 0 Å². The quantitative estimate of drug-likeness (QED) is 0.637. The lowest BCUT2D eigenvalue weighted by atomic mass is 9.95. The van der Waals surface area contributed by atoms with Crippen LogP contribution in [0.5, 0.6) is 11.5 Å². The molecule has 0 spiro atoms. The Morgan fingerprint density at radius 2 is 1.74 bits per heavy atom. The minimum absolute atomic E-state index is 0.0464. The number of amides is 1. The van der Waals surface area contributed by atoms with Crippen LogP contribution < -0.4 is 14.8 Å². The molecule has 2 aromatic carbocycles. The average Bonchev–Trinajstić information content (AvgIpc) is 2.90. The number of fused-ring (bicyclic) bond motifs is 1. The van der Waals surface area contributed by atoms with Gasteiger partial charge in [0.15, 0.2) is 11.5 Å². The zero-order valence-corrected chi connectivity index (χ0v) is 15.3. The summed E-state index contributed by atoms with van der Waals surface area (Å²) in [4.78, 5) is 22.9. The molecule has 1 N–H and O–H groups in total. The number of ether oxygens (including phenoxy) is 2. The fourth-order valence-electron chi connectivity index (χ4n) is 2.97. The van der Waals surface area contributed by atoms with Crippen LogP contribution >= 0.6 is 0 Å². The molecule has 7 nitrogen and oxygen atoms in total. The van der Waals surface area contributed by atoms with E-state index in [1.54, 1.807) is 0 Å². The number of carbonyl (C=O) groups is 1. The summed E-state index contributed by atoms with van der Waals surface area (Å²) < 4.78 is 11.4. The predicted octanol–water partition coefficient (Wildman–Crippen LogP) is 3.88. The van der Waals surface area contributed by atoms with Gasteiger partial charge in [0.05, 0.1) is 24.2 Å². The van der Waals surface area contributed by atoms with Crippen LogP contribution in [0.25, 0.3) is 0 Å². The van der Waals surface area contributed by atoms with Crippen LogP contribution in [-0.2, 0) is 0 Å². The minimum atomic E-state index is -0.490. The molecule has 0 saturated heterocycles. The first kappa shape index (κ1) is 18.7. The van der Waals surface area contributed by atoms with E-state index >= 15 is 0 Å². The van der Waals surface area contributed by atoms with Crippen LogP contribution in [0.15, 0.2) is 42.5 Å². The van der Waals surface area contributed by atoms with Crippen molar-refractivity contribution in [1.82, 2.24) is 5.32 Å². The molecular weight excluding hydrogens is 348 g/mol. The van der Waals surface area contributed by atoms with Gasteiger partial charge < -0.3 is 14.8 Å². The van der Waals surface area contributed by atoms with E-state index in [4.69, 9.17) is 9.47 Å². The Morgan fingerprint density at radius 3 is 2.37 bits per heavy atom. The topological polar surface area (TPSA) is 90.7 Å². The van der Waals surface area contributed by atoms with E-state index in [0.717, 1.165) is 12.0 Å². The van der Waals surface area contributed by atoms with Crippen LogP contribution in [0.2, 0.25) is 0 Å². The Balaban J connectivity index is 1.80. The van der Waals surface area contributed by atoms with Crippen molar-refractivity contribution < 1.29 is 19.2 Å². The number of benzene rings is 2. The Bertz CT molecular complexity index is 833. The Morgan fingerprint density at radius 1 is 1.07 bits per heavy atom. The number of nitro groups is 1. The van der Waals surface area contributed by atoms with E-state index in [9.17, 15) is 14.9 Å². The molecule has 1 aliphatic rings. The molecule has 1 amide bonds. The van der Waals surface area contributed by atoms with Gasteiger partial charge in [-0.3, -0.25) is 14.9 Å². The molecule has 3 rings (SSSR count). The third-order valence-electron chi connectivity index (χ3n) is 4.42. The molecule has 142 valence electrons. The number of hydrogen-bond acceptors (Lipinski definition) is 5. The summed E-state index contributed by atoms with van der Waals surface area (Å²) in [5.74, 6) is 1.24. The maximum absolute atomic E-state index is 12.6. The van der Waals surface area contributed by atoms with Gasteiger partial charge in [-0.05, 0) is 35.7 Å². The average molecular weight is 370 g/mol. The molecule has 7 heteroatoms. The van der Waals surface area contributed by atoms with Gasteiger partial charge in [-0.1, -0.05) is 19.9 Å². The van der Waals surface area contributed by atoms with Crippen LogP contribution in [-0.4, -0.2) is 24.0 Å². The van der Waals surface area contributed by atoms with Gasteiger partial charge in [-0.2, -0.15) is 0 Å². The summed E-state index contributed by atoms with van der Waals surface area (Å²) in [6, 6.07) is 11.0. The van der Waals surface area contributed by atoms with Crippen molar-refractivity contribution in [3.8, 4) is 11.5 Å². The zero-order chi connectivity index (χ0) is 19.4. The van der Waals surface area contributed by atoms with E-state index in [1.807, 2.05) is 32.0 Å². The third-order valence-corrected chi connectivity index (χ3v) is 4.42. The van der Waals surface area contributed by atoms with Crippen molar-refractivity contribution >= 4 is 11.6 Å². The van der Waals surface area contributed by atoms with E-state index in [-0.39, 0.29) is 23.6 Å². The summed E-state index contributed by atoms with van der Waals surface area (Å²) >= 11 is 0. The van der Waals surface area contributed by atoms with Crippen molar-refractivity contribution in [2.75, 3.05) is 13.2 Å². The lowest BCUT2D eigenvalue weighted by Crippen LogP contribution is -2.31. The number of nitrogens with one attached hydrogen (secondary N) is 1. The van der Waals surface area contributed by atoms with Crippen LogP contribution in [0.3, 0.4) is 0 Å². The zero-order valence-electron chi connectivity index (χ0n) is 15.3. The predicted molar refractivity (Wildman–Crippen MR) is 100 cm³/mol. The smallest absolute Gasteiger partial charge is 0.269 e. The highest BCUT2D eigenvalue weighted by Gasteiger charge is 2.22. The molecule has 0 saturated carbocycles. The normalized spacial score (nSPS) is 14.3. The lowest BCUT2D eigenvalue weighted by Gasteiger charge is -2.24. The van der Waals surface area contributed by atoms with Crippen molar-refractivity contribution in [3.05, 3.63) is 63.7 Å². The summed E-state index contributed by atoms with van der Waals surface area (Å²) in [5.41, 5.74) is 1.25. The van der Waals surface area contributed by atoms with E-state index in [1.165, 1.54) is 24.3 Å². The first-order valence-electron chi connectivity index (χ1n) is 8.90. The first-order chi connectivity index (χ1) is 13.0. The maximum Gasteiger partial charge on any atom is 0.269 e. The van der Waals surface area contributed by atoms with Crippen molar-refractivity contribution in [2.24, 2.45) is 5.92 Å². The second-order valence-corrected chi connectivity index (χ2v) is 6.76. The third kappa shape index (κ3) is 4.36. The van der Waals surface area contributed by atoms with Gasteiger partial charge in [-0.25, -0.2) is 0 Å². The fourth-order valence-corrected chi connectivity index (χ4v) is 2.97. The highest BCUT2D eigenvalue weighted by Crippen LogP contribution is 2.34. The summed E-state index contributed by atoms with van der Waals surface area (Å²) in [6.07, 6.45) is 0.828. The highest BCUT2D eigenvalue weighted by molar-refractivity contribution is 5.94. The molecule has 1 atom stereocenters. The largest absolute Gasteiger partial charge is 0.490 e. The van der Waals surface area contributed by atoms with Crippen molar-refractivity contribution in [3.63, 3.8) is 0 Å². The molecule has 1 heterocycles. The van der Waals surface area contributed by atoms with Gasteiger partial charge in [0, 0.05) is 24.1 Å². The summed E-state index contributed by atoms with van der Waals surface area (Å²) in [7, 11) is 0. The number of nitro benzene ring substituents is 1. The highest BCUT2D eigenvalue weighted by atomic mass is 16.6. The number of hydrogen-bond donors (Lipinski definition) is 1. The molecule has 0 radical (unpaired) electrons. The molecular formula is C20H22N2O5. The van der Waals surface area contributed by atoms with Gasteiger partial charge in [0.25, 0.3) is 11.6 Å². The standard InChI is InChI=1S/C20H22N2O5/c1-13(2)19(15-6-9-17-18(12-15)27-11-3-10-26-17)21-20(23)14-4-7-16(8-5-14)22(24)25/h4-9,12-13,19H,3,10-11H2,1-2H3,(H,21,23)/t19-/m0/s1. The SMILES string of the molecule is CC(C)[C@H](NC(=O)c1ccc([N+](=O)[O-])cc1)c1ccc2c(c1)OCCCO2. The van der Waals surface area contributed by atoms with E-state index in [0.29, 0.717) is 30.3 Å². The minimum Gasteiger partial charge on any atom is -0.490 e. The van der Waals surface area contributed by atoms with Gasteiger partial charge >= 0.3 is 0 Å². The van der Waals surface area contributed by atoms with Crippen LogP contribution in [0.4, 0.5) is 5.69 Å². The lowest BCUT2D eigenvalue weighted by molar-refractivity contribution is -0.384. The van der Waals surface area contributed by atoms with Gasteiger partial charge in [0.2, 0.25) is 0 Å². The van der Waals surface area contributed by atoms with Gasteiger partial charge in [-0.15, -0.1) is 0 Å². The first-order valence-corrected chi connectivity index (χ1v) is 8.90. The molecule has 0 fully saturated rings. The number of carbonyl (C=O) groups excluding carboxylic acids is 1. The maximum atomic E-state index is 12.6. The van der Waals surface area contributed by atoms with Crippen LogP contribution in [0.1, 0.15) is 42.2 Å². The van der Waals surface area contributed by atoms with Crippen LogP contribution in [0, 0.1) is 16.0 Å². The number of nitrogens with zero attached hydrogens (tertiary/aromatic N) is 1. The Kier molecular flexibility index (Phi) is 5.59. The molecule has 2 aromatic rings. The molecule has 0 aromatic heterocycles. The molecule has 0 bridgehead atoms.